The van der Waals surface area contributed by atoms with Gasteiger partial charge in [-0.25, -0.2) is 0 Å². The molecule has 0 saturated heterocycles. The van der Waals surface area contributed by atoms with Gasteiger partial charge in [-0.2, -0.15) is 0 Å². The van der Waals surface area contributed by atoms with Gasteiger partial charge in [-0.3, -0.25) is 15.0 Å². The molecule has 0 spiro atoms. The summed E-state index contributed by atoms with van der Waals surface area (Å²) >= 11 is 0. The van der Waals surface area contributed by atoms with Gasteiger partial charge in [0.15, 0.2) is 0 Å². The molecule has 0 amide bonds. The van der Waals surface area contributed by atoms with Gasteiger partial charge in [-0.05, 0) is 86.5 Å². The number of hydrogen-bond donors (Lipinski definition) is 0. The molecule has 6 aromatic rings. The fraction of sp³-hybridized carbons (Fsp3) is 0. The van der Waals surface area contributed by atoms with Crippen LogP contribution in [0.3, 0.4) is 0 Å². The summed E-state index contributed by atoms with van der Waals surface area (Å²) in [6.07, 6.45) is 8.94. The standard InChI is InChI=1S/C33H23N3O.Na/c37-33-30(26-14-12-24(13-15-26)28-6-4-17-35-22-28)19-29(20-31(33)32-7-1-2-18-36-32)25-10-8-23(9-11-25)27-5-3-16-34-21-27;/h1-22,37H;/q;+1/p-1. The third kappa shape index (κ3) is 5.29. The fourth-order valence-electron chi connectivity index (χ4n) is 4.49. The monoisotopic (exact) mass is 499 g/mol. The normalized spacial score (nSPS) is 10.5. The number of pyridine rings is 3. The summed E-state index contributed by atoms with van der Waals surface area (Å²) in [7, 11) is 0. The zero-order valence-corrected chi connectivity index (χ0v) is 23.0. The zero-order chi connectivity index (χ0) is 25.0. The van der Waals surface area contributed by atoms with Gasteiger partial charge in [-0.15, -0.1) is 0 Å². The van der Waals surface area contributed by atoms with Gasteiger partial charge < -0.3 is 5.11 Å². The van der Waals surface area contributed by atoms with Gasteiger partial charge in [0.2, 0.25) is 0 Å². The first-order valence-corrected chi connectivity index (χ1v) is 12.0. The van der Waals surface area contributed by atoms with E-state index in [9.17, 15) is 5.11 Å². The van der Waals surface area contributed by atoms with E-state index in [4.69, 9.17) is 0 Å². The quantitative estimate of drug-likeness (QED) is 0.332. The van der Waals surface area contributed by atoms with Crippen LogP contribution in [0.5, 0.6) is 5.75 Å². The van der Waals surface area contributed by atoms with Crippen LogP contribution in [0, 0.1) is 0 Å². The van der Waals surface area contributed by atoms with Gasteiger partial charge in [0.1, 0.15) is 0 Å². The Morgan fingerprint density at radius 2 is 0.974 bits per heavy atom. The van der Waals surface area contributed by atoms with Gasteiger partial charge in [0, 0.05) is 31.0 Å². The largest absolute Gasteiger partial charge is 1.00 e. The van der Waals surface area contributed by atoms with Crippen LogP contribution in [-0.2, 0) is 0 Å². The van der Waals surface area contributed by atoms with E-state index in [0.717, 1.165) is 38.9 Å². The van der Waals surface area contributed by atoms with E-state index < -0.39 is 0 Å². The Kier molecular flexibility index (Phi) is 7.75. The second kappa shape index (κ2) is 11.5. The minimum absolute atomic E-state index is 0. The maximum Gasteiger partial charge on any atom is 1.00 e. The average molecular weight is 500 g/mol. The number of benzene rings is 3. The predicted octanol–water partition coefficient (Wildman–Crippen LogP) is 4.28. The molecule has 176 valence electrons. The van der Waals surface area contributed by atoms with Crippen LogP contribution in [0.4, 0.5) is 0 Å². The molecule has 0 atom stereocenters. The molecule has 0 bridgehead atoms. The Balaban J connectivity index is 0.00000294. The number of nitrogens with zero attached hydrogens (tertiary/aromatic N) is 3. The SMILES string of the molecule is [Na+].[O-]c1c(-c2ccc(-c3cccnc3)cc2)cc(-c2ccc(-c3cccnc3)cc2)cc1-c1ccccn1. The summed E-state index contributed by atoms with van der Waals surface area (Å²) in [6.45, 7) is 0. The first-order valence-electron chi connectivity index (χ1n) is 12.0. The second-order valence-electron chi connectivity index (χ2n) is 8.75. The number of aromatic nitrogens is 3. The van der Waals surface area contributed by atoms with Crippen LogP contribution in [-0.4, -0.2) is 15.0 Å². The van der Waals surface area contributed by atoms with E-state index in [-0.39, 0.29) is 35.3 Å². The predicted molar refractivity (Wildman–Crippen MR) is 146 cm³/mol. The van der Waals surface area contributed by atoms with Gasteiger partial charge in [0.05, 0.1) is 5.69 Å². The van der Waals surface area contributed by atoms with Crippen molar-refractivity contribution < 1.29 is 34.7 Å². The Bertz CT molecular complexity index is 1640. The summed E-state index contributed by atoms with van der Waals surface area (Å²) in [4.78, 5) is 12.9. The molecular formula is C33H22N3NaO. The van der Waals surface area contributed by atoms with Crippen LogP contribution in [0.25, 0.3) is 55.8 Å². The first kappa shape index (κ1) is 25.6. The van der Waals surface area contributed by atoms with Crippen LogP contribution in [0.15, 0.2) is 134 Å². The molecule has 0 radical (unpaired) electrons. The molecule has 0 aliphatic rings. The topological polar surface area (TPSA) is 61.7 Å². The maximum absolute atomic E-state index is 13.7. The second-order valence-corrected chi connectivity index (χ2v) is 8.75. The van der Waals surface area contributed by atoms with E-state index in [0.29, 0.717) is 16.8 Å². The fourth-order valence-corrected chi connectivity index (χ4v) is 4.49. The summed E-state index contributed by atoms with van der Waals surface area (Å²) < 4.78 is 0. The molecule has 0 aliphatic carbocycles. The van der Waals surface area contributed by atoms with Crippen molar-refractivity contribution in [3.05, 3.63) is 134 Å². The molecule has 4 nitrogen and oxygen atoms in total. The molecule has 0 aliphatic heterocycles. The third-order valence-corrected chi connectivity index (χ3v) is 6.43. The van der Waals surface area contributed by atoms with Crippen LogP contribution in [0.1, 0.15) is 0 Å². The smallest absolute Gasteiger partial charge is 0.872 e. The molecule has 0 N–H and O–H groups in total. The van der Waals surface area contributed by atoms with Crippen molar-refractivity contribution in [1.82, 2.24) is 15.0 Å². The Morgan fingerprint density at radius 3 is 1.47 bits per heavy atom. The maximum atomic E-state index is 13.7. The van der Waals surface area contributed by atoms with Crippen molar-refractivity contribution in [1.29, 1.82) is 0 Å². The zero-order valence-electron chi connectivity index (χ0n) is 21.0. The van der Waals surface area contributed by atoms with Gasteiger partial charge in [-0.1, -0.05) is 72.5 Å². The van der Waals surface area contributed by atoms with Crippen LogP contribution < -0.4 is 34.7 Å². The summed E-state index contributed by atoms with van der Waals surface area (Å²) in [6, 6.07) is 33.9. The molecule has 0 fully saturated rings. The van der Waals surface area contributed by atoms with E-state index in [2.05, 4.69) is 39.2 Å². The molecule has 38 heavy (non-hydrogen) atoms. The van der Waals surface area contributed by atoms with Gasteiger partial charge in [0.25, 0.3) is 0 Å². The summed E-state index contributed by atoms with van der Waals surface area (Å²) in [5.41, 5.74) is 8.99. The molecule has 0 saturated carbocycles. The molecule has 3 aromatic heterocycles. The number of rotatable bonds is 5. The minimum Gasteiger partial charge on any atom is -0.872 e. The van der Waals surface area contributed by atoms with Crippen LogP contribution >= 0.6 is 0 Å². The average Bonchev–Trinajstić information content (AvgIpc) is 2.99. The third-order valence-electron chi connectivity index (χ3n) is 6.43. The first-order chi connectivity index (χ1) is 18.3. The summed E-state index contributed by atoms with van der Waals surface area (Å²) in [5.74, 6) is -0.0384. The Labute approximate surface area is 244 Å². The molecule has 6 rings (SSSR count). The van der Waals surface area contributed by atoms with Crippen molar-refractivity contribution >= 4 is 0 Å². The van der Waals surface area contributed by atoms with Gasteiger partial charge >= 0.3 is 29.6 Å². The molecule has 0 unspecified atom stereocenters. The van der Waals surface area contributed by atoms with E-state index in [1.54, 1.807) is 18.6 Å². The van der Waals surface area contributed by atoms with Crippen molar-refractivity contribution in [3.8, 4) is 61.5 Å². The Hall–Kier alpha value is -4.09. The summed E-state index contributed by atoms with van der Waals surface area (Å²) in [5, 5.41) is 13.7. The van der Waals surface area contributed by atoms with Crippen LogP contribution in [0.2, 0.25) is 0 Å². The molecule has 3 heterocycles. The number of hydrogen-bond acceptors (Lipinski definition) is 4. The van der Waals surface area contributed by atoms with Crippen molar-refractivity contribution in [2.24, 2.45) is 0 Å². The molecular weight excluding hydrogens is 477 g/mol. The van der Waals surface area contributed by atoms with Crippen molar-refractivity contribution in [3.63, 3.8) is 0 Å². The van der Waals surface area contributed by atoms with Crippen molar-refractivity contribution in [2.75, 3.05) is 0 Å². The van der Waals surface area contributed by atoms with E-state index in [1.165, 1.54) is 0 Å². The Morgan fingerprint density at radius 1 is 0.447 bits per heavy atom. The minimum atomic E-state index is -0.0384. The van der Waals surface area contributed by atoms with Crippen molar-refractivity contribution in [2.45, 2.75) is 0 Å². The van der Waals surface area contributed by atoms with E-state index >= 15 is 0 Å². The van der Waals surface area contributed by atoms with E-state index in [1.807, 2.05) is 91.3 Å². The molecule has 5 heteroatoms. The molecule has 3 aromatic carbocycles.